The van der Waals surface area contributed by atoms with Gasteiger partial charge in [0.05, 0.1) is 18.1 Å². The number of amides is 1. The lowest BCUT2D eigenvalue weighted by molar-refractivity contribution is -0.0235. The Morgan fingerprint density at radius 2 is 1.56 bits per heavy atom. The molecule has 1 heterocycles. The molecule has 10 nitrogen and oxygen atoms in total. The summed E-state index contributed by atoms with van der Waals surface area (Å²) in [6.45, 7) is -0.903. The van der Waals surface area contributed by atoms with Gasteiger partial charge in [-0.3, -0.25) is 13.2 Å². The maximum absolute atomic E-state index is 11.5. The molecule has 0 unspecified atom stereocenters. The molecule has 1 amide bonds. The molecule has 0 saturated carbocycles. The van der Waals surface area contributed by atoms with Gasteiger partial charge in [-0.25, -0.2) is 0 Å². The van der Waals surface area contributed by atoms with Crippen LogP contribution in [0.3, 0.4) is 0 Å². The van der Waals surface area contributed by atoms with E-state index in [2.05, 4.69) is 0 Å². The lowest BCUT2D eigenvalue weighted by atomic mass is 10.1. The van der Waals surface area contributed by atoms with Gasteiger partial charge in [0, 0.05) is 0 Å². The van der Waals surface area contributed by atoms with Crippen LogP contribution in [0, 0.1) is 0 Å². The van der Waals surface area contributed by atoms with Crippen molar-refractivity contribution >= 4 is 26.1 Å². The van der Waals surface area contributed by atoms with E-state index in [1.54, 1.807) is 0 Å². The quantitative estimate of drug-likeness (QED) is 0.588. The minimum atomic E-state index is -3.78. The molecular formula is C13H17NO9S2. The van der Waals surface area contributed by atoms with Crippen molar-refractivity contribution in [1.29, 1.82) is 0 Å². The van der Waals surface area contributed by atoms with E-state index in [9.17, 15) is 21.6 Å². The first-order valence-electron chi connectivity index (χ1n) is 6.91. The Hall–Kier alpha value is -1.89. The number of rotatable bonds is 7. The molecule has 1 aromatic carbocycles. The van der Waals surface area contributed by atoms with Gasteiger partial charge in [-0.1, -0.05) is 6.07 Å². The average Bonchev–Trinajstić information content (AvgIpc) is 2.48. The highest BCUT2D eigenvalue weighted by atomic mass is 32.2. The molecule has 0 aliphatic carbocycles. The van der Waals surface area contributed by atoms with E-state index < -0.39 is 51.6 Å². The van der Waals surface area contributed by atoms with Crippen molar-refractivity contribution < 1.29 is 39.5 Å². The van der Waals surface area contributed by atoms with Crippen LogP contribution in [0.5, 0.6) is 11.5 Å². The van der Waals surface area contributed by atoms with Crippen molar-refractivity contribution in [1.82, 2.24) is 0 Å². The molecular weight excluding hydrogens is 378 g/mol. The highest BCUT2D eigenvalue weighted by molar-refractivity contribution is 7.86. The van der Waals surface area contributed by atoms with E-state index >= 15 is 0 Å². The SMILES string of the molecule is CS(=O)(=O)OC[C@H]1Oc2cccc(C(N)=O)c2O[C@@H]1COS(C)(=O)=O. The van der Waals surface area contributed by atoms with Crippen molar-refractivity contribution in [2.24, 2.45) is 5.73 Å². The van der Waals surface area contributed by atoms with Gasteiger partial charge >= 0.3 is 0 Å². The monoisotopic (exact) mass is 395 g/mol. The van der Waals surface area contributed by atoms with Gasteiger partial charge in [-0.2, -0.15) is 16.8 Å². The minimum absolute atomic E-state index is 0.0210. The van der Waals surface area contributed by atoms with Crippen LogP contribution in [0.2, 0.25) is 0 Å². The van der Waals surface area contributed by atoms with E-state index in [1.807, 2.05) is 0 Å². The van der Waals surface area contributed by atoms with Gasteiger partial charge < -0.3 is 15.2 Å². The van der Waals surface area contributed by atoms with Gasteiger partial charge in [0.2, 0.25) is 0 Å². The molecule has 1 aliphatic heterocycles. The summed E-state index contributed by atoms with van der Waals surface area (Å²) in [6.07, 6.45) is -0.337. The number of hydrogen-bond donors (Lipinski definition) is 1. The fraction of sp³-hybridized carbons (Fsp3) is 0.462. The number of fused-ring (bicyclic) bond motifs is 1. The maximum Gasteiger partial charge on any atom is 0.264 e. The van der Waals surface area contributed by atoms with Gasteiger partial charge in [-0.05, 0) is 12.1 Å². The number of carbonyl (C=O) groups excluding carboxylic acids is 1. The van der Waals surface area contributed by atoms with Gasteiger partial charge in [0.15, 0.2) is 23.7 Å². The van der Waals surface area contributed by atoms with E-state index in [1.165, 1.54) is 18.2 Å². The summed E-state index contributed by atoms with van der Waals surface area (Å²) in [5.41, 5.74) is 5.30. The largest absolute Gasteiger partial charge is 0.480 e. The highest BCUT2D eigenvalue weighted by Crippen LogP contribution is 2.37. The molecule has 1 aliphatic rings. The molecule has 0 bridgehead atoms. The van der Waals surface area contributed by atoms with Crippen LogP contribution in [-0.4, -0.2) is 60.7 Å². The second-order valence-corrected chi connectivity index (χ2v) is 8.57. The molecule has 0 aromatic heterocycles. The first-order chi connectivity index (χ1) is 11.5. The molecule has 0 radical (unpaired) electrons. The predicted molar refractivity (Wildman–Crippen MR) is 85.4 cm³/mol. The molecule has 2 atom stereocenters. The van der Waals surface area contributed by atoms with Crippen LogP contribution in [0.15, 0.2) is 18.2 Å². The number of primary amides is 1. The van der Waals surface area contributed by atoms with Crippen LogP contribution in [0.25, 0.3) is 0 Å². The van der Waals surface area contributed by atoms with E-state index in [-0.39, 0.29) is 17.1 Å². The van der Waals surface area contributed by atoms with Gasteiger partial charge in [-0.15, -0.1) is 0 Å². The summed E-state index contributed by atoms with van der Waals surface area (Å²) in [5.74, 6) is -0.601. The maximum atomic E-state index is 11.5. The summed E-state index contributed by atoms with van der Waals surface area (Å²) in [7, 11) is -7.54. The number of carbonyl (C=O) groups is 1. The molecule has 1 aromatic rings. The predicted octanol–water partition coefficient (Wildman–Crippen LogP) is -0.754. The van der Waals surface area contributed by atoms with Gasteiger partial charge in [0.1, 0.15) is 13.2 Å². The Kier molecular flexibility index (Phi) is 5.56. The smallest absolute Gasteiger partial charge is 0.264 e. The third kappa shape index (κ3) is 5.56. The molecule has 140 valence electrons. The Labute approximate surface area is 145 Å². The molecule has 25 heavy (non-hydrogen) atoms. The van der Waals surface area contributed by atoms with Crippen LogP contribution >= 0.6 is 0 Å². The van der Waals surface area contributed by atoms with E-state index in [0.29, 0.717) is 0 Å². The molecule has 12 heteroatoms. The minimum Gasteiger partial charge on any atom is -0.480 e. The van der Waals surface area contributed by atoms with Crippen molar-refractivity contribution in [2.75, 3.05) is 25.7 Å². The first kappa shape index (κ1) is 19.4. The zero-order valence-corrected chi connectivity index (χ0v) is 15.0. The Morgan fingerprint density at radius 3 is 2.04 bits per heavy atom. The van der Waals surface area contributed by atoms with Gasteiger partial charge in [0.25, 0.3) is 26.1 Å². The number of hydrogen-bond acceptors (Lipinski definition) is 9. The lowest BCUT2D eigenvalue weighted by Crippen LogP contribution is -2.46. The topological polar surface area (TPSA) is 148 Å². The number of para-hydroxylation sites is 1. The first-order valence-corrected chi connectivity index (χ1v) is 10.5. The summed E-state index contributed by atoms with van der Waals surface area (Å²) in [5, 5.41) is 0. The molecule has 0 fully saturated rings. The Balaban J connectivity index is 2.30. The second kappa shape index (κ2) is 7.15. The average molecular weight is 395 g/mol. The van der Waals surface area contributed by atoms with Crippen molar-refractivity contribution in [3.8, 4) is 11.5 Å². The zero-order chi connectivity index (χ0) is 18.8. The normalized spacial score (nSPS) is 20.2. The third-order valence-electron chi connectivity index (χ3n) is 3.10. The molecule has 0 spiro atoms. The highest BCUT2D eigenvalue weighted by Gasteiger charge is 2.35. The van der Waals surface area contributed by atoms with Crippen LogP contribution < -0.4 is 15.2 Å². The molecule has 0 saturated heterocycles. The standard InChI is InChI=1S/C13H17NO9S2/c1-24(16,17)20-6-10-11(7-21-25(2,18)19)23-12-8(13(14)15)4-3-5-9(12)22-10/h3-5,10-11H,6-7H2,1-2H3,(H2,14,15)/t10-,11-/m1/s1. The Morgan fingerprint density at radius 1 is 1.04 bits per heavy atom. The summed E-state index contributed by atoms with van der Waals surface area (Å²) < 4.78 is 65.3. The third-order valence-corrected chi connectivity index (χ3v) is 4.23. The van der Waals surface area contributed by atoms with Crippen molar-refractivity contribution in [2.45, 2.75) is 12.2 Å². The van der Waals surface area contributed by atoms with Crippen LogP contribution in [0.1, 0.15) is 10.4 Å². The van der Waals surface area contributed by atoms with Crippen molar-refractivity contribution in [3.63, 3.8) is 0 Å². The number of benzene rings is 1. The summed E-state index contributed by atoms with van der Waals surface area (Å²) >= 11 is 0. The van der Waals surface area contributed by atoms with E-state index in [0.717, 1.165) is 12.5 Å². The van der Waals surface area contributed by atoms with Crippen LogP contribution in [-0.2, 0) is 28.6 Å². The fourth-order valence-corrected chi connectivity index (χ4v) is 2.82. The van der Waals surface area contributed by atoms with Crippen LogP contribution in [0.4, 0.5) is 0 Å². The fourth-order valence-electron chi connectivity index (χ4n) is 2.05. The Bertz CT molecular complexity index is 863. The van der Waals surface area contributed by atoms with Crippen molar-refractivity contribution in [3.05, 3.63) is 23.8 Å². The number of nitrogens with two attached hydrogens (primary N) is 1. The molecule has 2 rings (SSSR count). The summed E-state index contributed by atoms with van der Waals surface area (Å²) in [4.78, 5) is 11.5. The number of ether oxygens (including phenoxy) is 2. The van der Waals surface area contributed by atoms with E-state index in [4.69, 9.17) is 23.6 Å². The lowest BCUT2D eigenvalue weighted by Gasteiger charge is -2.33. The molecule has 2 N–H and O–H groups in total. The second-order valence-electron chi connectivity index (χ2n) is 5.29. The summed E-state index contributed by atoms with van der Waals surface area (Å²) in [6, 6.07) is 4.40. The zero-order valence-electron chi connectivity index (χ0n) is 13.4.